The number of hydrogen-bond donors (Lipinski definition) is 0. The zero-order valence-electron chi connectivity index (χ0n) is 10.6. The molecule has 0 N–H and O–H groups in total. The van der Waals surface area contributed by atoms with Crippen LogP contribution in [-0.4, -0.2) is 9.78 Å². The summed E-state index contributed by atoms with van der Waals surface area (Å²) in [6.45, 7) is 0. The maximum absolute atomic E-state index is 13.3. The fourth-order valence-corrected chi connectivity index (χ4v) is 2.87. The molecule has 1 heterocycles. The van der Waals surface area contributed by atoms with Crippen molar-refractivity contribution in [3.63, 3.8) is 0 Å². The molecule has 1 aliphatic carbocycles. The zero-order chi connectivity index (χ0) is 13.7. The monoisotopic (exact) mass is 266 g/mol. The van der Waals surface area contributed by atoms with Crippen molar-refractivity contribution in [1.29, 1.82) is 0 Å². The molecule has 4 rings (SSSR count). The van der Waals surface area contributed by atoms with Gasteiger partial charge in [-0.25, -0.2) is 4.39 Å². The van der Waals surface area contributed by atoms with Gasteiger partial charge in [-0.05, 0) is 42.7 Å². The van der Waals surface area contributed by atoms with E-state index in [1.54, 1.807) is 12.1 Å². The van der Waals surface area contributed by atoms with Gasteiger partial charge in [-0.3, -0.25) is 4.79 Å². The minimum absolute atomic E-state index is 0.196. The summed E-state index contributed by atoms with van der Waals surface area (Å²) in [5.74, 6) is -0.374. The molecule has 0 amide bonds. The van der Waals surface area contributed by atoms with Gasteiger partial charge >= 0.3 is 0 Å². The van der Waals surface area contributed by atoms with E-state index >= 15 is 0 Å². The molecule has 1 aromatic heterocycles. The Kier molecular flexibility index (Phi) is 2.27. The Labute approximate surface area is 114 Å². The molecule has 3 aromatic rings. The highest BCUT2D eigenvalue weighted by molar-refractivity contribution is 5.88. The summed E-state index contributed by atoms with van der Waals surface area (Å²) in [5, 5.41) is 6.06. The number of hydrogen-bond acceptors (Lipinski definition) is 2. The van der Waals surface area contributed by atoms with Gasteiger partial charge in [-0.2, -0.15) is 9.78 Å². The van der Waals surface area contributed by atoms with Crippen molar-refractivity contribution in [1.82, 2.24) is 9.78 Å². The second kappa shape index (κ2) is 4.00. The van der Waals surface area contributed by atoms with Gasteiger partial charge in [0, 0.05) is 5.39 Å². The summed E-state index contributed by atoms with van der Waals surface area (Å²) in [5.41, 5.74) is 2.36. The minimum Gasteiger partial charge on any atom is -0.267 e. The maximum atomic E-state index is 13.3. The molecular formula is C16H11FN2O. The average molecular weight is 266 g/mol. The van der Waals surface area contributed by atoms with E-state index < -0.39 is 0 Å². The van der Waals surface area contributed by atoms with Crippen LogP contribution in [0.4, 0.5) is 4.39 Å². The Morgan fingerprint density at radius 1 is 1.10 bits per heavy atom. The number of aryl methyl sites for hydroxylation is 2. The standard InChI is InChI=1S/C16H11FN2O/c17-11-4-2-5-12(9-11)19-16(20)13-6-1-3-10-7-8-14(18-19)15(10)13/h1-6,9H,7-8H2. The van der Waals surface area contributed by atoms with Crippen LogP contribution in [0.5, 0.6) is 0 Å². The zero-order valence-corrected chi connectivity index (χ0v) is 10.6. The van der Waals surface area contributed by atoms with Gasteiger partial charge in [0.1, 0.15) is 5.82 Å². The van der Waals surface area contributed by atoms with E-state index in [-0.39, 0.29) is 11.4 Å². The molecular weight excluding hydrogens is 255 g/mol. The highest BCUT2D eigenvalue weighted by Crippen LogP contribution is 2.27. The molecule has 0 saturated carbocycles. The molecule has 0 unspecified atom stereocenters. The number of rotatable bonds is 1. The van der Waals surface area contributed by atoms with E-state index in [0.717, 1.165) is 23.9 Å². The molecule has 0 fully saturated rings. The normalized spacial score (nSPS) is 13.1. The van der Waals surface area contributed by atoms with Crippen molar-refractivity contribution in [3.05, 3.63) is 69.9 Å². The van der Waals surface area contributed by atoms with Crippen molar-refractivity contribution >= 4 is 10.8 Å². The molecule has 0 spiro atoms. The fourth-order valence-electron chi connectivity index (χ4n) is 2.87. The fraction of sp³-hybridized carbons (Fsp3) is 0.125. The van der Waals surface area contributed by atoms with E-state index in [4.69, 9.17) is 0 Å². The lowest BCUT2D eigenvalue weighted by atomic mass is 10.1. The van der Waals surface area contributed by atoms with Crippen molar-refractivity contribution in [2.24, 2.45) is 0 Å². The molecule has 0 atom stereocenters. The number of aromatic nitrogens is 2. The number of nitrogens with zero attached hydrogens (tertiary/aromatic N) is 2. The third-order valence-electron chi connectivity index (χ3n) is 3.77. The van der Waals surface area contributed by atoms with E-state index in [1.807, 2.05) is 18.2 Å². The molecule has 4 heteroatoms. The highest BCUT2D eigenvalue weighted by Gasteiger charge is 2.19. The topological polar surface area (TPSA) is 34.9 Å². The summed E-state index contributed by atoms with van der Waals surface area (Å²) in [6, 6.07) is 11.7. The van der Waals surface area contributed by atoms with Crippen LogP contribution in [0.3, 0.4) is 0 Å². The number of benzene rings is 2. The molecule has 20 heavy (non-hydrogen) atoms. The first kappa shape index (κ1) is 11.3. The smallest absolute Gasteiger partial charge is 0.267 e. The van der Waals surface area contributed by atoms with Crippen LogP contribution < -0.4 is 5.56 Å². The van der Waals surface area contributed by atoms with Crippen molar-refractivity contribution in [3.8, 4) is 5.69 Å². The third kappa shape index (κ3) is 1.51. The average Bonchev–Trinajstić information content (AvgIpc) is 2.87. The van der Waals surface area contributed by atoms with E-state index in [2.05, 4.69) is 5.10 Å². The van der Waals surface area contributed by atoms with Crippen molar-refractivity contribution in [2.45, 2.75) is 12.8 Å². The lowest BCUT2D eigenvalue weighted by Gasteiger charge is -2.08. The van der Waals surface area contributed by atoms with E-state index in [1.165, 1.54) is 22.4 Å². The first-order valence-corrected chi connectivity index (χ1v) is 6.54. The highest BCUT2D eigenvalue weighted by atomic mass is 19.1. The molecule has 0 saturated heterocycles. The van der Waals surface area contributed by atoms with E-state index in [0.29, 0.717) is 11.1 Å². The van der Waals surface area contributed by atoms with Crippen molar-refractivity contribution < 1.29 is 4.39 Å². The van der Waals surface area contributed by atoms with Crippen molar-refractivity contribution in [2.75, 3.05) is 0 Å². The summed E-state index contributed by atoms with van der Waals surface area (Å²) in [7, 11) is 0. The molecule has 1 aliphatic rings. The maximum Gasteiger partial charge on any atom is 0.279 e. The molecule has 0 bridgehead atoms. The van der Waals surface area contributed by atoms with Gasteiger partial charge in [-0.1, -0.05) is 18.2 Å². The van der Waals surface area contributed by atoms with Crippen LogP contribution in [0.15, 0.2) is 47.3 Å². The van der Waals surface area contributed by atoms with Gasteiger partial charge in [0.05, 0.1) is 16.8 Å². The Hall–Kier alpha value is -2.49. The minimum atomic E-state index is -0.374. The summed E-state index contributed by atoms with van der Waals surface area (Å²) < 4.78 is 14.6. The lowest BCUT2D eigenvalue weighted by Crippen LogP contribution is -2.22. The van der Waals surface area contributed by atoms with Crippen LogP contribution in [-0.2, 0) is 12.8 Å². The second-order valence-electron chi connectivity index (χ2n) is 4.98. The van der Waals surface area contributed by atoms with Crippen LogP contribution in [0.1, 0.15) is 11.3 Å². The van der Waals surface area contributed by atoms with Gasteiger partial charge < -0.3 is 0 Å². The Morgan fingerprint density at radius 3 is 2.80 bits per heavy atom. The second-order valence-corrected chi connectivity index (χ2v) is 4.98. The van der Waals surface area contributed by atoms with Crippen LogP contribution in [0, 0.1) is 5.82 Å². The van der Waals surface area contributed by atoms with Gasteiger partial charge in [0.15, 0.2) is 0 Å². The molecule has 3 nitrogen and oxygen atoms in total. The van der Waals surface area contributed by atoms with Gasteiger partial charge in [-0.15, -0.1) is 0 Å². The molecule has 0 radical (unpaired) electrons. The molecule has 2 aromatic carbocycles. The summed E-state index contributed by atoms with van der Waals surface area (Å²) in [6.07, 6.45) is 1.73. The molecule has 98 valence electrons. The van der Waals surface area contributed by atoms with Gasteiger partial charge in [0.25, 0.3) is 5.56 Å². The SMILES string of the molecule is O=c1c2cccc3c2c(nn1-c1cccc(F)c1)CC3. The predicted octanol–water partition coefficient (Wildman–Crippen LogP) is 2.62. The quantitative estimate of drug-likeness (QED) is 0.678. The van der Waals surface area contributed by atoms with Gasteiger partial charge in [0.2, 0.25) is 0 Å². The predicted molar refractivity (Wildman–Crippen MR) is 74.7 cm³/mol. The first-order valence-electron chi connectivity index (χ1n) is 6.54. The largest absolute Gasteiger partial charge is 0.279 e. The van der Waals surface area contributed by atoms with Crippen LogP contribution >= 0.6 is 0 Å². The Bertz CT molecular complexity index is 899. The van der Waals surface area contributed by atoms with Crippen LogP contribution in [0.2, 0.25) is 0 Å². The first-order chi connectivity index (χ1) is 9.74. The van der Waals surface area contributed by atoms with Crippen LogP contribution in [0.25, 0.3) is 16.5 Å². The summed E-state index contributed by atoms with van der Waals surface area (Å²) in [4.78, 5) is 12.6. The van der Waals surface area contributed by atoms with E-state index in [9.17, 15) is 9.18 Å². The molecule has 0 aliphatic heterocycles. The third-order valence-corrected chi connectivity index (χ3v) is 3.77. The lowest BCUT2D eigenvalue weighted by molar-refractivity contribution is 0.624. The Morgan fingerprint density at radius 2 is 1.95 bits per heavy atom. The Balaban J connectivity index is 2.09. The summed E-state index contributed by atoms with van der Waals surface area (Å²) >= 11 is 0. The number of halogens is 1.